The minimum Gasteiger partial charge on any atom is -0.480 e. The van der Waals surface area contributed by atoms with Crippen molar-refractivity contribution < 1.29 is 53.0 Å². The number of fused-ring (bicyclic) bond motifs is 1. The number of amides is 8. The number of nitrogens with one attached hydrogen (secondary N) is 8. The lowest BCUT2D eigenvalue weighted by molar-refractivity contribution is -0.142. The summed E-state index contributed by atoms with van der Waals surface area (Å²) in [5.74, 6) is -7.52. The number of aliphatic carboxylic acids is 1. The summed E-state index contributed by atoms with van der Waals surface area (Å²) in [4.78, 5) is 130. The molecule has 0 unspecified atom stereocenters. The molecule has 19 N–H and O–H groups in total. The number of aliphatic imine (C=N–C) groups is 2. The van der Waals surface area contributed by atoms with E-state index in [1.165, 1.54) is 6.92 Å². The summed E-state index contributed by atoms with van der Waals surface area (Å²) < 4.78 is 5.91. The monoisotopic (exact) mass is 1120 g/mol. The Morgan fingerprint density at radius 2 is 1.06 bits per heavy atom. The van der Waals surface area contributed by atoms with Crippen LogP contribution < -0.4 is 65.9 Å². The lowest BCUT2D eigenvalue weighted by Gasteiger charge is -2.26. The van der Waals surface area contributed by atoms with E-state index in [1.54, 1.807) is 49.5 Å². The van der Waals surface area contributed by atoms with Crippen molar-refractivity contribution in [2.45, 2.75) is 133 Å². The SMILES string of the molecule is CC(=O)N[C@@H](CCCN=C(N)N)C(=O)N[C@@H](CC(=O)NCCCC[C@H](NC(=O)[C@H](Cc1c[nH]c2ccccc12)NC(=O)[C@H](CCCN=C(N)N)NC(=O)[C@@H](Cc1ccccc1)NC(=O)C[C@@H](C)OCc1ccccc1)C(=O)O)C(N)=O. The van der Waals surface area contributed by atoms with Gasteiger partial charge in [0.1, 0.15) is 36.3 Å². The highest BCUT2D eigenvalue weighted by atomic mass is 16.5. The average Bonchev–Trinajstić information content (AvgIpc) is 3.92. The van der Waals surface area contributed by atoms with Gasteiger partial charge in [-0.15, -0.1) is 0 Å². The second-order valence-corrected chi connectivity index (χ2v) is 19.4. The van der Waals surface area contributed by atoms with E-state index in [2.05, 4.69) is 52.2 Å². The first-order chi connectivity index (χ1) is 38.7. The Balaban J connectivity index is 1.46. The van der Waals surface area contributed by atoms with Gasteiger partial charge in [-0.1, -0.05) is 78.9 Å². The molecule has 7 atom stereocenters. The van der Waals surface area contributed by atoms with Gasteiger partial charge in [0.15, 0.2) is 11.9 Å². The molecule has 81 heavy (non-hydrogen) atoms. The van der Waals surface area contributed by atoms with Crippen molar-refractivity contribution in [1.82, 2.24) is 42.2 Å². The minimum absolute atomic E-state index is 0.00553. The van der Waals surface area contributed by atoms with Crippen LogP contribution in [-0.2, 0) is 67.3 Å². The van der Waals surface area contributed by atoms with E-state index in [4.69, 9.17) is 33.4 Å². The summed E-state index contributed by atoms with van der Waals surface area (Å²) in [6.45, 7) is 3.46. The second-order valence-electron chi connectivity index (χ2n) is 19.4. The Labute approximate surface area is 469 Å². The van der Waals surface area contributed by atoms with E-state index in [9.17, 15) is 48.3 Å². The summed E-state index contributed by atoms with van der Waals surface area (Å²) >= 11 is 0. The van der Waals surface area contributed by atoms with E-state index < -0.39 is 102 Å². The van der Waals surface area contributed by atoms with Crippen LogP contribution in [0.3, 0.4) is 0 Å². The summed E-state index contributed by atoms with van der Waals surface area (Å²) in [6.07, 6.45) is 1.27. The van der Waals surface area contributed by atoms with Gasteiger partial charge in [-0.2, -0.15) is 0 Å². The molecule has 8 amide bonds. The maximum absolute atomic E-state index is 14.5. The molecule has 1 heterocycles. The largest absolute Gasteiger partial charge is 0.480 e. The highest BCUT2D eigenvalue weighted by Gasteiger charge is 2.33. The van der Waals surface area contributed by atoms with Gasteiger partial charge in [0.2, 0.25) is 47.3 Å². The van der Waals surface area contributed by atoms with Gasteiger partial charge in [-0.25, -0.2) is 4.79 Å². The third-order valence-corrected chi connectivity index (χ3v) is 12.6. The van der Waals surface area contributed by atoms with Gasteiger partial charge in [0.25, 0.3) is 0 Å². The number of guanidine groups is 2. The minimum atomic E-state index is -1.47. The van der Waals surface area contributed by atoms with Gasteiger partial charge >= 0.3 is 5.97 Å². The zero-order valence-electron chi connectivity index (χ0n) is 45.6. The third-order valence-electron chi connectivity index (χ3n) is 12.6. The van der Waals surface area contributed by atoms with Gasteiger partial charge in [-0.3, -0.25) is 48.3 Å². The molecule has 0 bridgehead atoms. The molecule has 1 aromatic heterocycles. The lowest BCUT2D eigenvalue weighted by Crippen LogP contribution is -2.58. The number of nitrogens with zero attached hydrogens (tertiary/aromatic N) is 2. The molecule has 4 aromatic rings. The molecular weight excluding hydrogens is 1050 g/mol. The predicted octanol–water partition coefficient (Wildman–Crippen LogP) is -0.769. The van der Waals surface area contributed by atoms with Crippen LogP contribution in [0.5, 0.6) is 0 Å². The van der Waals surface area contributed by atoms with Crippen LogP contribution in [0.15, 0.2) is 101 Å². The van der Waals surface area contributed by atoms with Crippen molar-refractivity contribution in [2.24, 2.45) is 38.7 Å². The van der Waals surface area contributed by atoms with Crippen LogP contribution in [0.4, 0.5) is 0 Å². The summed E-state index contributed by atoms with van der Waals surface area (Å²) in [5.41, 5.74) is 30.3. The average molecular weight is 1120 g/mol. The Morgan fingerprint density at radius 1 is 0.556 bits per heavy atom. The van der Waals surface area contributed by atoms with Gasteiger partial charge < -0.3 is 80.7 Å². The summed E-state index contributed by atoms with van der Waals surface area (Å²) in [7, 11) is 0. The number of carboxylic acids is 1. The number of H-pyrrole nitrogens is 1. The number of hydrogen-bond acceptors (Lipinski definition) is 12. The Hall–Kier alpha value is -9.07. The molecule has 0 aliphatic heterocycles. The zero-order chi connectivity index (χ0) is 59.3. The van der Waals surface area contributed by atoms with Gasteiger partial charge in [-0.05, 0) is 74.6 Å². The number of aromatic nitrogens is 1. The molecule has 0 saturated heterocycles. The van der Waals surface area contributed by atoms with Crippen LogP contribution in [-0.4, -0.2) is 137 Å². The fourth-order valence-corrected chi connectivity index (χ4v) is 8.49. The van der Waals surface area contributed by atoms with Crippen molar-refractivity contribution in [3.05, 3.63) is 108 Å². The number of benzene rings is 3. The fraction of sp³-hybridized carbons (Fsp3) is 0.436. The van der Waals surface area contributed by atoms with E-state index in [0.717, 1.165) is 16.5 Å². The second kappa shape index (κ2) is 34.0. The third kappa shape index (κ3) is 24.2. The molecule has 438 valence electrons. The molecule has 4 rings (SSSR count). The fourth-order valence-electron chi connectivity index (χ4n) is 8.49. The van der Waals surface area contributed by atoms with Gasteiger partial charge in [0, 0.05) is 56.5 Å². The number of unbranched alkanes of at least 4 members (excludes halogenated alkanes) is 1. The Morgan fingerprint density at radius 3 is 1.64 bits per heavy atom. The lowest BCUT2D eigenvalue weighted by atomic mass is 10.0. The predicted molar refractivity (Wildman–Crippen MR) is 303 cm³/mol. The number of carboxylic acid groups (broad SMARTS) is 1. The van der Waals surface area contributed by atoms with E-state index >= 15 is 0 Å². The van der Waals surface area contributed by atoms with Gasteiger partial charge in [0.05, 0.1) is 25.6 Å². The molecule has 26 heteroatoms. The highest BCUT2D eigenvalue weighted by molar-refractivity contribution is 5.96. The van der Waals surface area contributed by atoms with E-state index in [-0.39, 0.29) is 95.9 Å². The maximum atomic E-state index is 14.5. The normalized spacial score (nSPS) is 13.5. The van der Waals surface area contributed by atoms with E-state index in [0.29, 0.717) is 17.5 Å². The maximum Gasteiger partial charge on any atom is 0.326 e. The molecule has 0 fully saturated rings. The van der Waals surface area contributed by atoms with Crippen LogP contribution in [0, 0.1) is 0 Å². The topological polar surface area (TPSA) is 438 Å². The number of para-hydroxylation sites is 1. The number of hydrogen-bond donors (Lipinski definition) is 14. The van der Waals surface area contributed by atoms with Crippen LogP contribution >= 0.6 is 0 Å². The van der Waals surface area contributed by atoms with Crippen LogP contribution in [0.25, 0.3) is 10.9 Å². The molecule has 3 aromatic carbocycles. The standard InChI is InChI=1S/C55H77N15O11/c1-33(81-32-36-17-7-4-8-18-36)27-47(73)66-44(28-35-15-5-3-6-16-35)51(77)67-41(23-14-26-63-55(59)60)50(76)70-45(29-37-31-64-39-20-10-9-19-38(37)39)52(78)68-42(53(79)80)21-11-12-24-61-46(72)30-43(48(56)74)69-49(75)40(65-34(2)71)22-13-25-62-54(57)58/h3-10,15-20,31,33,40-45,64H,11-14,21-30,32H2,1-2H3,(H2,56,74)(H,61,72)(H,65,71)(H,66,73)(H,67,77)(H,68,78)(H,69,75)(H,70,76)(H,79,80)(H4,57,58,62)(H4,59,60,63)/t33-,40+,41+,42+,43+,44-,45+/m1/s1. The molecule has 0 aliphatic carbocycles. The summed E-state index contributed by atoms with van der Waals surface area (Å²) in [5, 5.41) is 29.4. The Kier molecular flexibility index (Phi) is 27.1. The highest BCUT2D eigenvalue weighted by Crippen LogP contribution is 2.20. The molecule has 0 radical (unpaired) electrons. The molecule has 0 spiro atoms. The van der Waals surface area contributed by atoms with Crippen molar-refractivity contribution in [3.8, 4) is 0 Å². The Bertz CT molecular complexity index is 2790. The number of rotatable bonds is 36. The molecular formula is C55H77N15O11. The van der Waals surface area contributed by atoms with E-state index in [1.807, 2.05) is 48.5 Å². The zero-order valence-corrected chi connectivity index (χ0v) is 45.6. The number of nitrogens with two attached hydrogens (primary N) is 5. The first kappa shape index (κ1) is 64.5. The number of carbonyl (C=O) groups excluding carboxylic acids is 8. The van der Waals surface area contributed by atoms with Crippen LogP contribution in [0.2, 0.25) is 0 Å². The van der Waals surface area contributed by atoms with Crippen molar-refractivity contribution in [3.63, 3.8) is 0 Å². The number of carbonyl (C=O) groups is 9. The molecule has 26 nitrogen and oxygen atoms in total. The van der Waals surface area contributed by atoms with Crippen molar-refractivity contribution >= 4 is 76.0 Å². The first-order valence-electron chi connectivity index (χ1n) is 26.6. The van der Waals surface area contributed by atoms with Crippen molar-refractivity contribution in [2.75, 3.05) is 19.6 Å². The molecule has 0 aliphatic rings. The quantitative estimate of drug-likeness (QED) is 0.0151. The number of ether oxygens (including phenoxy) is 1. The molecule has 0 saturated carbocycles. The smallest absolute Gasteiger partial charge is 0.326 e. The summed E-state index contributed by atoms with van der Waals surface area (Å²) in [6, 6.07) is 17.8. The first-order valence-corrected chi connectivity index (χ1v) is 26.6. The van der Waals surface area contributed by atoms with Crippen molar-refractivity contribution in [1.29, 1.82) is 0 Å². The number of primary amides is 1. The number of aromatic amines is 1. The van der Waals surface area contributed by atoms with Crippen LogP contribution in [0.1, 0.15) is 88.3 Å².